The van der Waals surface area contributed by atoms with E-state index >= 15 is 0 Å². The van der Waals surface area contributed by atoms with Gasteiger partial charge in [0.25, 0.3) is 10.0 Å². The number of sulfonamides is 2. The van der Waals surface area contributed by atoms with Gasteiger partial charge in [0.15, 0.2) is 11.5 Å². The largest absolute Gasteiger partial charge is 0.493 e. The van der Waals surface area contributed by atoms with Crippen molar-refractivity contribution >= 4 is 31.4 Å². The van der Waals surface area contributed by atoms with E-state index < -0.39 is 20.0 Å². The summed E-state index contributed by atoms with van der Waals surface area (Å²) in [5.74, 6) is 0.717. The Balaban J connectivity index is 2.18. The lowest BCUT2D eigenvalue weighted by molar-refractivity contribution is 0.354. The van der Waals surface area contributed by atoms with E-state index in [0.29, 0.717) is 16.4 Å². The average Bonchev–Trinajstić information content (AvgIpc) is 3.09. The number of thiophene rings is 1. The first kappa shape index (κ1) is 20.6. The topological polar surface area (TPSA) is 102 Å². The third kappa shape index (κ3) is 4.35. The van der Waals surface area contributed by atoms with E-state index in [-0.39, 0.29) is 15.6 Å². The van der Waals surface area contributed by atoms with Crippen molar-refractivity contribution in [2.45, 2.75) is 15.6 Å². The van der Waals surface area contributed by atoms with E-state index in [1.807, 2.05) is 0 Å². The Morgan fingerprint density at radius 1 is 1.00 bits per heavy atom. The fourth-order valence-electron chi connectivity index (χ4n) is 2.01. The summed E-state index contributed by atoms with van der Waals surface area (Å²) in [6.07, 6.45) is 0. The highest BCUT2D eigenvalue weighted by molar-refractivity contribution is 7.91. The molecule has 0 saturated heterocycles. The maximum atomic E-state index is 12.5. The van der Waals surface area contributed by atoms with Gasteiger partial charge in [0, 0.05) is 31.6 Å². The SMILES string of the molecule is COc1ccc(S(=O)(=O)NCc2ccc(S(=O)(=O)N(C)C)s2)cc1OC. The molecule has 1 N–H and O–H groups in total. The van der Waals surface area contributed by atoms with E-state index in [4.69, 9.17) is 9.47 Å². The van der Waals surface area contributed by atoms with Crippen LogP contribution in [0.15, 0.2) is 39.4 Å². The van der Waals surface area contributed by atoms with Crippen LogP contribution in [0.2, 0.25) is 0 Å². The van der Waals surface area contributed by atoms with Crippen molar-refractivity contribution < 1.29 is 26.3 Å². The third-order valence-electron chi connectivity index (χ3n) is 3.47. The van der Waals surface area contributed by atoms with Crippen LogP contribution in [0.3, 0.4) is 0 Å². The Morgan fingerprint density at radius 2 is 1.65 bits per heavy atom. The number of nitrogens with one attached hydrogen (secondary N) is 1. The minimum Gasteiger partial charge on any atom is -0.493 e. The number of hydrogen-bond acceptors (Lipinski definition) is 7. The lowest BCUT2D eigenvalue weighted by Gasteiger charge is -2.10. The second-order valence-electron chi connectivity index (χ2n) is 5.35. The van der Waals surface area contributed by atoms with E-state index in [1.165, 1.54) is 52.6 Å². The number of hydrogen-bond donors (Lipinski definition) is 1. The van der Waals surface area contributed by atoms with Crippen LogP contribution in [0.1, 0.15) is 4.88 Å². The van der Waals surface area contributed by atoms with Gasteiger partial charge < -0.3 is 9.47 Å². The smallest absolute Gasteiger partial charge is 0.252 e. The van der Waals surface area contributed by atoms with Gasteiger partial charge in [-0.25, -0.2) is 25.9 Å². The molecule has 0 unspecified atom stereocenters. The molecule has 8 nitrogen and oxygen atoms in total. The van der Waals surface area contributed by atoms with Crippen molar-refractivity contribution in [1.82, 2.24) is 9.03 Å². The van der Waals surface area contributed by atoms with Crippen LogP contribution in [0.5, 0.6) is 11.5 Å². The summed E-state index contributed by atoms with van der Waals surface area (Å²) in [6.45, 7) is -0.0235. The lowest BCUT2D eigenvalue weighted by atomic mass is 10.3. The Hall–Kier alpha value is -1.66. The molecule has 1 aromatic heterocycles. The highest BCUT2D eigenvalue weighted by Crippen LogP contribution is 2.29. The van der Waals surface area contributed by atoms with Gasteiger partial charge in [-0.2, -0.15) is 0 Å². The minimum absolute atomic E-state index is 0.0212. The zero-order valence-corrected chi connectivity index (χ0v) is 17.2. The summed E-state index contributed by atoms with van der Waals surface area (Å²) < 4.78 is 63.0. The Bertz CT molecular complexity index is 981. The second-order valence-corrected chi connectivity index (χ2v) is 10.7. The van der Waals surface area contributed by atoms with Crippen LogP contribution in [-0.4, -0.2) is 49.5 Å². The number of methoxy groups -OCH3 is 2. The van der Waals surface area contributed by atoms with Crippen LogP contribution in [-0.2, 0) is 26.6 Å². The van der Waals surface area contributed by atoms with Crippen LogP contribution >= 0.6 is 11.3 Å². The minimum atomic E-state index is -3.80. The second kappa shape index (κ2) is 7.92. The zero-order valence-electron chi connectivity index (χ0n) is 14.7. The van der Waals surface area contributed by atoms with Crippen molar-refractivity contribution in [2.24, 2.45) is 0 Å². The fourth-order valence-corrected chi connectivity index (χ4v) is 5.58. The number of rotatable bonds is 8. The molecule has 2 aromatic rings. The highest BCUT2D eigenvalue weighted by Gasteiger charge is 2.21. The molecule has 0 bridgehead atoms. The highest BCUT2D eigenvalue weighted by atomic mass is 32.2. The van der Waals surface area contributed by atoms with Crippen LogP contribution in [0.4, 0.5) is 0 Å². The van der Waals surface area contributed by atoms with Crippen molar-refractivity contribution in [1.29, 1.82) is 0 Å². The zero-order chi connectivity index (χ0) is 19.5. The fraction of sp³-hybridized carbons (Fsp3) is 0.333. The van der Waals surface area contributed by atoms with Crippen molar-refractivity contribution in [3.8, 4) is 11.5 Å². The molecule has 26 heavy (non-hydrogen) atoms. The molecule has 1 aromatic carbocycles. The van der Waals surface area contributed by atoms with Gasteiger partial charge in [-0.05, 0) is 24.3 Å². The van der Waals surface area contributed by atoms with E-state index in [9.17, 15) is 16.8 Å². The Morgan fingerprint density at radius 3 is 2.23 bits per heavy atom. The molecule has 0 aliphatic carbocycles. The van der Waals surface area contributed by atoms with E-state index in [2.05, 4.69) is 4.72 Å². The molecule has 0 fully saturated rings. The van der Waals surface area contributed by atoms with Gasteiger partial charge in [0.05, 0.1) is 19.1 Å². The average molecular weight is 421 g/mol. The number of benzene rings is 1. The van der Waals surface area contributed by atoms with Gasteiger partial charge in [0.2, 0.25) is 10.0 Å². The van der Waals surface area contributed by atoms with Crippen LogP contribution < -0.4 is 14.2 Å². The first-order valence-electron chi connectivity index (χ1n) is 7.34. The van der Waals surface area contributed by atoms with Gasteiger partial charge in [-0.15, -0.1) is 11.3 Å². The maximum Gasteiger partial charge on any atom is 0.252 e. The Labute approximate surface area is 157 Å². The van der Waals surface area contributed by atoms with Gasteiger partial charge in [0.1, 0.15) is 4.21 Å². The molecule has 0 atom stereocenters. The molecular formula is C15H20N2O6S3. The predicted molar refractivity (Wildman–Crippen MR) is 98.8 cm³/mol. The molecule has 1 heterocycles. The van der Waals surface area contributed by atoms with Crippen LogP contribution in [0, 0.1) is 0 Å². The lowest BCUT2D eigenvalue weighted by Crippen LogP contribution is -2.23. The summed E-state index contributed by atoms with van der Waals surface area (Å²) in [4.78, 5) is 0.599. The first-order valence-corrected chi connectivity index (χ1v) is 11.1. The van der Waals surface area contributed by atoms with Crippen molar-refractivity contribution in [2.75, 3.05) is 28.3 Å². The predicted octanol–water partition coefficient (Wildman–Crippen LogP) is 1.49. The third-order valence-corrected chi connectivity index (χ3v) is 8.24. The molecule has 144 valence electrons. The van der Waals surface area contributed by atoms with Gasteiger partial charge >= 0.3 is 0 Å². The van der Waals surface area contributed by atoms with E-state index in [0.717, 1.165) is 15.6 Å². The first-order chi connectivity index (χ1) is 12.1. The molecule has 0 saturated carbocycles. The summed E-state index contributed by atoms with van der Waals surface area (Å²) in [6, 6.07) is 7.30. The quantitative estimate of drug-likeness (QED) is 0.694. The summed E-state index contributed by atoms with van der Waals surface area (Å²) in [5.41, 5.74) is 0. The molecular weight excluding hydrogens is 400 g/mol. The molecule has 0 radical (unpaired) electrons. The molecule has 0 aliphatic rings. The van der Waals surface area contributed by atoms with E-state index in [1.54, 1.807) is 6.07 Å². The number of ether oxygens (including phenoxy) is 2. The standard InChI is InChI=1S/C15H20N2O6S3/c1-17(2)26(20,21)15-8-5-11(24-15)10-16-25(18,19)12-6-7-13(22-3)14(9-12)23-4/h5-9,16H,10H2,1-4H3. The van der Waals surface area contributed by atoms with Gasteiger partial charge in [-0.3, -0.25) is 0 Å². The molecule has 2 rings (SSSR count). The Kier molecular flexibility index (Phi) is 6.29. The summed E-state index contributed by atoms with van der Waals surface area (Å²) >= 11 is 1.02. The van der Waals surface area contributed by atoms with Gasteiger partial charge in [-0.1, -0.05) is 0 Å². The summed E-state index contributed by atoms with van der Waals surface area (Å²) in [7, 11) is -1.58. The molecule has 0 spiro atoms. The van der Waals surface area contributed by atoms with Crippen LogP contribution in [0.25, 0.3) is 0 Å². The molecule has 0 amide bonds. The van der Waals surface area contributed by atoms with Crippen molar-refractivity contribution in [3.63, 3.8) is 0 Å². The number of nitrogens with zero attached hydrogens (tertiary/aromatic N) is 1. The maximum absolute atomic E-state index is 12.5. The van der Waals surface area contributed by atoms with Crippen molar-refractivity contribution in [3.05, 3.63) is 35.2 Å². The molecule has 0 aliphatic heterocycles. The molecule has 11 heteroatoms. The monoisotopic (exact) mass is 420 g/mol. The summed E-state index contributed by atoms with van der Waals surface area (Å²) in [5, 5.41) is 0. The normalized spacial score (nSPS) is 12.3.